The largest absolute Gasteiger partial charge is 0.357 e. The molecule has 1 atom stereocenters. The molecule has 2 saturated carbocycles. The van der Waals surface area contributed by atoms with Gasteiger partial charge >= 0.3 is 0 Å². The highest BCUT2D eigenvalue weighted by molar-refractivity contribution is 14.0. The fourth-order valence-corrected chi connectivity index (χ4v) is 4.60. The Bertz CT molecular complexity index is 429. The van der Waals surface area contributed by atoms with E-state index in [1.54, 1.807) is 0 Å². The fourth-order valence-electron chi connectivity index (χ4n) is 4.60. The maximum atomic E-state index is 4.97. The normalized spacial score (nSPS) is 26.2. The highest BCUT2D eigenvalue weighted by Crippen LogP contribution is 2.46. The highest BCUT2D eigenvalue weighted by Gasteiger charge is 2.37. The van der Waals surface area contributed by atoms with E-state index in [0.29, 0.717) is 5.41 Å². The molecule has 5 heteroatoms. The third-order valence-corrected chi connectivity index (χ3v) is 6.11. The van der Waals surface area contributed by atoms with E-state index < -0.39 is 0 Å². The van der Waals surface area contributed by atoms with Crippen molar-refractivity contribution in [3.8, 4) is 0 Å². The molecule has 1 saturated heterocycles. The summed E-state index contributed by atoms with van der Waals surface area (Å²) in [5.41, 5.74) is 0.493. The van der Waals surface area contributed by atoms with Crippen LogP contribution in [0.3, 0.4) is 0 Å². The molecule has 2 N–H and O–H groups in total. The number of rotatable bonds is 8. The summed E-state index contributed by atoms with van der Waals surface area (Å²) in [6.07, 6.45) is 9.67. The lowest BCUT2D eigenvalue weighted by Gasteiger charge is -2.42. The second-order valence-corrected chi connectivity index (χ2v) is 8.91. The number of hydrogen-bond acceptors (Lipinski definition) is 2. The van der Waals surface area contributed by atoms with Crippen molar-refractivity contribution < 1.29 is 0 Å². The average Bonchev–Trinajstić information content (AvgIpc) is 3.25. The van der Waals surface area contributed by atoms with Gasteiger partial charge in [-0.05, 0) is 69.2 Å². The summed E-state index contributed by atoms with van der Waals surface area (Å²) < 4.78 is 0. The van der Waals surface area contributed by atoms with Crippen molar-refractivity contribution in [2.24, 2.45) is 22.2 Å². The molecule has 0 spiro atoms. The van der Waals surface area contributed by atoms with Crippen LogP contribution < -0.4 is 10.6 Å². The van der Waals surface area contributed by atoms with E-state index in [0.717, 1.165) is 43.5 Å². The van der Waals surface area contributed by atoms with Crippen LogP contribution in [0.1, 0.15) is 65.7 Å². The van der Waals surface area contributed by atoms with Crippen molar-refractivity contribution in [2.45, 2.75) is 71.8 Å². The van der Waals surface area contributed by atoms with Gasteiger partial charge in [0, 0.05) is 32.2 Å². The van der Waals surface area contributed by atoms with E-state index in [9.17, 15) is 0 Å². The molecule has 4 nitrogen and oxygen atoms in total. The summed E-state index contributed by atoms with van der Waals surface area (Å²) in [6.45, 7) is 12.5. The minimum Gasteiger partial charge on any atom is -0.357 e. The molecule has 3 fully saturated rings. The second kappa shape index (κ2) is 9.77. The smallest absolute Gasteiger partial charge is 0.191 e. The Hall–Kier alpha value is -0.0400. The molecule has 2 aliphatic carbocycles. The lowest BCUT2D eigenvalue weighted by molar-refractivity contribution is 0.111. The molecule has 3 aliphatic rings. The molecule has 3 rings (SSSR count). The molecule has 0 aromatic heterocycles. The molecule has 1 aliphatic heterocycles. The first-order valence-corrected chi connectivity index (χ1v) is 10.4. The average molecular weight is 462 g/mol. The molecular formula is C20H39IN4. The third-order valence-electron chi connectivity index (χ3n) is 6.11. The minimum atomic E-state index is 0. The lowest BCUT2D eigenvalue weighted by Crippen LogP contribution is -2.42. The Morgan fingerprint density at radius 3 is 2.52 bits per heavy atom. The summed E-state index contributed by atoms with van der Waals surface area (Å²) in [4.78, 5) is 7.67. The topological polar surface area (TPSA) is 39.7 Å². The van der Waals surface area contributed by atoms with E-state index in [2.05, 4.69) is 36.3 Å². The Balaban J connectivity index is 0.00000225. The van der Waals surface area contributed by atoms with Gasteiger partial charge in [0.2, 0.25) is 0 Å². The SMILES string of the molecule is CCNC(=NCC1(CC(C)C)CCC1)NCC1CCN(C2CC2)C1.I. The summed E-state index contributed by atoms with van der Waals surface area (Å²) in [5, 5.41) is 7.08. The van der Waals surface area contributed by atoms with Crippen LogP contribution in [0.2, 0.25) is 0 Å². The summed E-state index contributed by atoms with van der Waals surface area (Å²) >= 11 is 0. The maximum Gasteiger partial charge on any atom is 0.191 e. The zero-order valence-electron chi connectivity index (χ0n) is 16.5. The first kappa shape index (κ1) is 21.3. The van der Waals surface area contributed by atoms with Gasteiger partial charge in [0.15, 0.2) is 5.96 Å². The van der Waals surface area contributed by atoms with Crippen molar-refractivity contribution >= 4 is 29.9 Å². The minimum absolute atomic E-state index is 0. The van der Waals surface area contributed by atoms with Gasteiger partial charge in [-0.25, -0.2) is 0 Å². The van der Waals surface area contributed by atoms with Crippen LogP contribution in [-0.2, 0) is 0 Å². The highest BCUT2D eigenvalue weighted by atomic mass is 127. The van der Waals surface area contributed by atoms with Gasteiger partial charge in [-0.15, -0.1) is 24.0 Å². The predicted molar refractivity (Wildman–Crippen MR) is 118 cm³/mol. The molecule has 0 aromatic rings. The van der Waals surface area contributed by atoms with Gasteiger partial charge in [-0.2, -0.15) is 0 Å². The Labute approximate surface area is 172 Å². The van der Waals surface area contributed by atoms with Crippen LogP contribution in [-0.4, -0.2) is 49.6 Å². The van der Waals surface area contributed by atoms with Gasteiger partial charge in [0.05, 0.1) is 0 Å². The molecule has 146 valence electrons. The van der Waals surface area contributed by atoms with Crippen molar-refractivity contribution in [3.05, 3.63) is 0 Å². The second-order valence-electron chi connectivity index (χ2n) is 8.91. The standard InChI is InChI=1S/C20H38N4.HI/c1-4-21-19(23-15-20(9-5-10-20)12-16(2)3)22-13-17-8-11-24(14-17)18-6-7-18;/h16-18H,4-15H2,1-3H3,(H2,21,22,23);1H. The number of hydrogen-bond donors (Lipinski definition) is 2. The predicted octanol–water partition coefficient (Wildman–Crippen LogP) is 3.86. The van der Waals surface area contributed by atoms with E-state index >= 15 is 0 Å². The van der Waals surface area contributed by atoms with E-state index in [4.69, 9.17) is 4.99 Å². The van der Waals surface area contributed by atoms with Crippen molar-refractivity contribution in [1.29, 1.82) is 0 Å². The van der Waals surface area contributed by atoms with E-state index in [1.807, 2.05) is 0 Å². The summed E-state index contributed by atoms with van der Waals surface area (Å²) in [5.74, 6) is 2.61. The van der Waals surface area contributed by atoms with Crippen LogP contribution >= 0.6 is 24.0 Å². The zero-order valence-corrected chi connectivity index (χ0v) is 18.9. The Kier molecular flexibility index (Phi) is 8.31. The Morgan fingerprint density at radius 1 is 1.20 bits per heavy atom. The molecule has 1 heterocycles. The number of aliphatic imine (C=N–C) groups is 1. The molecule has 25 heavy (non-hydrogen) atoms. The van der Waals surface area contributed by atoms with Crippen LogP contribution in [0.4, 0.5) is 0 Å². The van der Waals surface area contributed by atoms with E-state index in [1.165, 1.54) is 58.0 Å². The zero-order chi connectivity index (χ0) is 17.0. The number of likely N-dealkylation sites (tertiary alicyclic amines) is 1. The van der Waals surface area contributed by atoms with Gasteiger partial charge < -0.3 is 15.5 Å². The fraction of sp³-hybridized carbons (Fsp3) is 0.950. The Morgan fingerprint density at radius 2 is 1.96 bits per heavy atom. The third kappa shape index (κ3) is 6.26. The van der Waals surface area contributed by atoms with Crippen LogP contribution in [0.25, 0.3) is 0 Å². The summed E-state index contributed by atoms with van der Waals surface area (Å²) in [6, 6.07) is 0.923. The first-order valence-electron chi connectivity index (χ1n) is 10.4. The number of nitrogens with one attached hydrogen (secondary N) is 2. The number of nitrogens with zero attached hydrogens (tertiary/aromatic N) is 2. The lowest BCUT2D eigenvalue weighted by atomic mass is 9.64. The maximum absolute atomic E-state index is 4.97. The first-order chi connectivity index (χ1) is 11.6. The molecule has 0 aromatic carbocycles. The van der Waals surface area contributed by atoms with Gasteiger partial charge in [0.1, 0.15) is 0 Å². The molecule has 0 bridgehead atoms. The van der Waals surface area contributed by atoms with Crippen molar-refractivity contribution in [3.63, 3.8) is 0 Å². The van der Waals surface area contributed by atoms with Gasteiger partial charge in [-0.1, -0.05) is 20.3 Å². The van der Waals surface area contributed by atoms with Gasteiger partial charge in [0.25, 0.3) is 0 Å². The van der Waals surface area contributed by atoms with Gasteiger partial charge in [-0.3, -0.25) is 4.99 Å². The van der Waals surface area contributed by atoms with Crippen LogP contribution in [0.15, 0.2) is 4.99 Å². The number of halogens is 1. The molecular weight excluding hydrogens is 423 g/mol. The molecule has 0 amide bonds. The van der Waals surface area contributed by atoms with Crippen LogP contribution in [0, 0.1) is 17.3 Å². The van der Waals surface area contributed by atoms with E-state index in [-0.39, 0.29) is 24.0 Å². The molecule has 1 unspecified atom stereocenters. The van der Waals surface area contributed by atoms with Crippen LogP contribution in [0.5, 0.6) is 0 Å². The molecule has 0 radical (unpaired) electrons. The van der Waals surface area contributed by atoms with Crippen molar-refractivity contribution in [2.75, 3.05) is 32.7 Å². The quantitative estimate of drug-likeness (QED) is 0.327. The number of guanidine groups is 1. The van der Waals surface area contributed by atoms with Crippen molar-refractivity contribution in [1.82, 2.24) is 15.5 Å². The monoisotopic (exact) mass is 462 g/mol. The summed E-state index contributed by atoms with van der Waals surface area (Å²) in [7, 11) is 0.